The maximum Gasteiger partial charge on any atom is 0.0831 e. The van der Waals surface area contributed by atoms with Crippen molar-refractivity contribution in [2.24, 2.45) is 0 Å². The summed E-state index contributed by atoms with van der Waals surface area (Å²) in [5.41, 5.74) is 2.90. The van der Waals surface area contributed by atoms with Gasteiger partial charge in [-0.15, -0.1) is 0 Å². The van der Waals surface area contributed by atoms with Crippen molar-refractivity contribution in [3.05, 3.63) is 35.4 Å². The van der Waals surface area contributed by atoms with E-state index in [1.54, 1.807) is 0 Å². The fourth-order valence-electron chi connectivity index (χ4n) is 2.82. The molecular weight excluding hydrogens is 200 g/mol. The highest BCUT2D eigenvalue weighted by Crippen LogP contribution is 2.22. The number of rotatable bonds is 1. The first-order chi connectivity index (χ1) is 7.84. The van der Waals surface area contributed by atoms with Crippen LogP contribution in [0.3, 0.4) is 0 Å². The molecule has 0 bridgehead atoms. The van der Waals surface area contributed by atoms with Gasteiger partial charge in [-0.25, -0.2) is 0 Å². The largest absolute Gasteiger partial charge is 0.390 e. The summed E-state index contributed by atoms with van der Waals surface area (Å²) >= 11 is 0. The van der Waals surface area contributed by atoms with E-state index in [9.17, 15) is 5.11 Å². The Morgan fingerprint density at radius 1 is 1.19 bits per heavy atom. The van der Waals surface area contributed by atoms with Crippen molar-refractivity contribution in [3.8, 4) is 0 Å². The van der Waals surface area contributed by atoms with Crippen molar-refractivity contribution in [2.75, 3.05) is 19.6 Å². The minimum atomic E-state index is -0.203. The molecule has 3 rings (SSSR count). The van der Waals surface area contributed by atoms with E-state index < -0.39 is 0 Å². The molecule has 3 heteroatoms. The van der Waals surface area contributed by atoms with E-state index >= 15 is 0 Å². The first-order valence-corrected chi connectivity index (χ1v) is 6.04. The van der Waals surface area contributed by atoms with Gasteiger partial charge in [0, 0.05) is 32.2 Å². The van der Waals surface area contributed by atoms with Gasteiger partial charge < -0.3 is 10.4 Å². The van der Waals surface area contributed by atoms with Gasteiger partial charge in [0.1, 0.15) is 0 Å². The summed E-state index contributed by atoms with van der Waals surface area (Å²) in [5, 5.41) is 13.1. The Balaban J connectivity index is 1.77. The number of nitrogens with zero attached hydrogens (tertiary/aromatic N) is 1. The average Bonchev–Trinajstić information content (AvgIpc) is 2.75. The van der Waals surface area contributed by atoms with Crippen molar-refractivity contribution in [3.63, 3.8) is 0 Å². The molecule has 1 unspecified atom stereocenters. The van der Waals surface area contributed by atoms with Crippen LogP contribution in [0.15, 0.2) is 24.3 Å². The highest BCUT2D eigenvalue weighted by Gasteiger charge is 2.32. The molecule has 16 heavy (non-hydrogen) atoms. The lowest BCUT2D eigenvalue weighted by atomic mass is 9.98. The van der Waals surface area contributed by atoms with Gasteiger partial charge in [0.2, 0.25) is 0 Å². The third-order valence-electron chi connectivity index (χ3n) is 3.78. The molecule has 0 spiro atoms. The van der Waals surface area contributed by atoms with E-state index in [0.717, 1.165) is 32.6 Å². The number of benzene rings is 1. The van der Waals surface area contributed by atoms with Crippen molar-refractivity contribution in [1.82, 2.24) is 10.2 Å². The Hall–Kier alpha value is -0.900. The predicted molar refractivity (Wildman–Crippen MR) is 63.2 cm³/mol. The number of fused-ring (bicyclic) bond motifs is 1. The fraction of sp³-hybridized carbons (Fsp3) is 0.538. The lowest BCUT2D eigenvalue weighted by molar-refractivity contribution is 0.0747. The van der Waals surface area contributed by atoms with E-state index in [2.05, 4.69) is 34.5 Å². The molecule has 0 aromatic heterocycles. The summed E-state index contributed by atoms with van der Waals surface area (Å²) in [4.78, 5) is 2.41. The topological polar surface area (TPSA) is 35.5 Å². The van der Waals surface area contributed by atoms with Crippen LogP contribution in [-0.4, -0.2) is 41.8 Å². The monoisotopic (exact) mass is 218 g/mol. The zero-order valence-electron chi connectivity index (χ0n) is 9.39. The zero-order valence-corrected chi connectivity index (χ0v) is 9.39. The van der Waals surface area contributed by atoms with Crippen LogP contribution < -0.4 is 5.32 Å². The fourth-order valence-corrected chi connectivity index (χ4v) is 2.82. The van der Waals surface area contributed by atoms with E-state index in [1.807, 2.05) is 0 Å². The van der Waals surface area contributed by atoms with Gasteiger partial charge in [-0.3, -0.25) is 4.90 Å². The maximum absolute atomic E-state index is 9.89. The van der Waals surface area contributed by atoms with Crippen LogP contribution in [-0.2, 0) is 13.0 Å². The summed E-state index contributed by atoms with van der Waals surface area (Å²) in [6, 6.07) is 8.94. The minimum Gasteiger partial charge on any atom is -0.390 e. The van der Waals surface area contributed by atoms with Gasteiger partial charge in [0.15, 0.2) is 0 Å². The Kier molecular flexibility index (Phi) is 2.67. The van der Waals surface area contributed by atoms with Crippen molar-refractivity contribution < 1.29 is 5.11 Å². The summed E-state index contributed by atoms with van der Waals surface area (Å²) < 4.78 is 0. The van der Waals surface area contributed by atoms with Crippen LogP contribution in [0.1, 0.15) is 11.1 Å². The molecular formula is C13H18N2O. The van der Waals surface area contributed by atoms with E-state index in [0.29, 0.717) is 6.04 Å². The summed E-state index contributed by atoms with van der Waals surface area (Å²) in [7, 11) is 0. The molecule has 1 aromatic carbocycles. The molecule has 0 aliphatic carbocycles. The number of aliphatic hydroxyl groups excluding tert-OH is 1. The van der Waals surface area contributed by atoms with E-state index in [-0.39, 0.29) is 6.10 Å². The number of hydrogen-bond donors (Lipinski definition) is 2. The Morgan fingerprint density at radius 2 is 2.00 bits per heavy atom. The molecule has 1 fully saturated rings. The van der Waals surface area contributed by atoms with Crippen LogP contribution in [0.2, 0.25) is 0 Å². The van der Waals surface area contributed by atoms with Crippen LogP contribution >= 0.6 is 0 Å². The Labute approximate surface area is 96.1 Å². The molecule has 0 amide bonds. The number of hydrogen-bond acceptors (Lipinski definition) is 3. The molecule has 2 heterocycles. The summed E-state index contributed by atoms with van der Waals surface area (Å²) in [6.07, 6.45) is 0.907. The minimum absolute atomic E-state index is 0.203. The number of β-amino-alcohol motifs (C(OH)–C–C–N with tert-alkyl or cyclic N) is 1. The van der Waals surface area contributed by atoms with Crippen LogP contribution in [0.25, 0.3) is 0 Å². The molecule has 2 N–H and O–H groups in total. The lowest BCUT2D eigenvalue weighted by Gasteiger charge is -2.34. The molecule has 1 saturated heterocycles. The van der Waals surface area contributed by atoms with Gasteiger partial charge in [-0.1, -0.05) is 24.3 Å². The predicted octanol–water partition coefficient (Wildman–Crippen LogP) is 0.377. The SMILES string of the molecule is O[C@H]1CNCC1N1CCc2ccccc2C1. The summed E-state index contributed by atoms with van der Waals surface area (Å²) in [6.45, 7) is 3.71. The zero-order chi connectivity index (χ0) is 11.0. The highest BCUT2D eigenvalue weighted by molar-refractivity contribution is 5.29. The van der Waals surface area contributed by atoms with Crippen molar-refractivity contribution >= 4 is 0 Å². The first-order valence-electron chi connectivity index (χ1n) is 6.04. The standard InChI is InChI=1S/C13H18N2O/c16-13-8-14-7-12(13)15-6-5-10-3-1-2-4-11(10)9-15/h1-4,12-14,16H,5-9H2/t12?,13-/m0/s1. The second-order valence-electron chi connectivity index (χ2n) is 4.78. The van der Waals surface area contributed by atoms with E-state index in [1.165, 1.54) is 11.1 Å². The first kappa shape index (κ1) is 10.3. The molecule has 0 radical (unpaired) electrons. The molecule has 3 nitrogen and oxygen atoms in total. The highest BCUT2D eigenvalue weighted by atomic mass is 16.3. The molecule has 1 aromatic rings. The lowest BCUT2D eigenvalue weighted by Crippen LogP contribution is -2.45. The molecule has 2 aliphatic rings. The Bertz CT molecular complexity index is 380. The molecule has 2 atom stereocenters. The van der Waals surface area contributed by atoms with Gasteiger partial charge in [0.25, 0.3) is 0 Å². The quantitative estimate of drug-likeness (QED) is 0.715. The van der Waals surface area contributed by atoms with Crippen LogP contribution in [0.5, 0.6) is 0 Å². The molecule has 86 valence electrons. The molecule has 0 saturated carbocycles. The maximum atomic E-state index is 9.89. The van der Waals surface area contributed by atoms with Crippen molar-refractivity contribution in [1.29, 1.82) is 0 Å². The number of aliphatic hydroxyl groups is 1. The van der Waals surface area contributed by atoms with Gasteiger partial charge in [-0.05, 0) is 17.5 Å². The summed E-state index contributed by atoms with van der Waals surface area (Å²) in [5.74, 6) is 0. The van der Waals surface area contributed by atoms with Gasteiger partial charge >= 0.3 is 0 Å². The normalized spacial score (nSPS) is 30.3. The third-order valence-corrected chi connectivity index (χ3v) is 3.78. The van der Waals surface area contributed by atoms with Gasteiger partial charge in [0.05, 0.1) is 6.10 Å². The van der Waals surface area contributed by atoms with Crippen molar-refractivity contribution in [2.45, 2.75) is 25.1 Å². The molecule has 2 aliphatic heterocycles. The van der Waals surface area contributed by atoms with E-state index in [4.69, 9.17) is 0 Å². The smallest absolute Gasteiger partial charge is 0.0831 e. The average molecular weight is 218 g/mol. The van der Waals surface area contributed by atoms with Crippen LogP contribution in [0.4, 0.5) is 0 Å². The number of nitrogens with one attached hydrogen (secondary N) is 1. The van der Waals surface area contributed by atoms with Crippen LogP contribution in [0, 0.1) is 0 Å². The van der Waals surface area contributed by atoms with Gasteiger partial charge in [-0.2, -0.15) is 0 Å². The second kappa shape index (κ2) is 4.17. The second-order valence-corrected chi connectivity index (χ2v) is 4.78. The Morgan fingerprint density at radius 3 is 2.75 bits per heavy atom. The third kappa shape index (κ3) is 1.75.